The summed E-state index contributed by atoms with van der Waals surface area (Å²) in [6.45, 7) is 0.141. The van der Waals surface area contributed by atoms with E-state index in [2.05, 4.69) is 11.2 Å². The maximum Gasteiger partial charge on any atom is 0.266 e. The van der Waals surface area contributed by atoms with Gasteiger partial charge in [-0.3, -0.25) is 29.4 Å². The summed E-state index contributed by atoms with van der Waals surface area (Å²) in [7, 11) is 0. The highest BCUT2D eigenvalue weighted by molar-refractivity contribution is 6.24. The Morgan fingerprint density at radius 2 is 2.04 bits per heavy atom. The van der Waals surface area contributed by atoms with Crippen LogP contribution in [0.5, 0.6) is 11.5 Å². The summed E-state index contributed by atoms with van der Waals surface area (Å²) in [6.07, 6.45) is 5.50. The lowest BCUT2D eigenvalue weighted by Crippen LogP contribution is -2.54. The Morgan fingerprint density at radius 3 is 2.72 bits per heavy atom. The molecule has 1 aromatic rings. The summed E-state index contributed by atoms with van der Waals surface area (Å²) in [5, 5.41) is 12.4. The van der Waals surface area contributed by atoms with Crippen molar-refractivity contribution in [1.82, 2.24) is 10.2 Å². The molecule has 128 valence electrons. The van der Waals surface area contributed by atoms with Crippen LogP contribution < -0.4 is 10.1 Å². The molecule has 4 amide bonds. The van der Waals surface area contributed by atoms with Crippen molar-refractivity contribution in [1.29, 1.82) is 0 Å². The molecule has 0 saturated carbocycles. The van der Waals surface area contributed by atoms with Crippen LogP contribution in [-0.4, -0.2) is 46.3 Å². The molecule has 1 aromatic carbocycles. The van der Waals surface area contributed by atoms with Crippen LogP contribution in [0, 0.1) is 12.3 Å². The molecule has 1 fully saturated rings. The Balaban J connectivity index is 1.91. The molecular weight excluding hydrogens is 328 g/mol. The number of benzene rings is 1. The van der Waals surface area contributed by atoms with Gasteiger partial charge in [0.25, 0.3) is 11.8 Å². The van der Waals surface area contributed by atoms with Gasteiger partial charge < -0.3 is 9.84 Å². The molecule has 1 unspecified atom stereocenters. The molecule has 0 spiro atoms. The molecule has 1 saturated heterocycles. The van der Waals surface area contributed by atoms with Gasteiger partial charge in [0.05, 0.1) is 17.7 Å². The number of piperidine rings is 1. The van der Waals surface area contributed by atoms with Crippen molar-refractivity contribution in [3.63, 3.8) is 0 Å². The summed E-state index contributed by atoms with van der Waals surface area (Å²) >= 11 is 0. The van der Waals surface area contributed by atoms with Crippen LogP contribution >= 0.6 is 0 Å². The second-order valence-electron chi connectivity index (χ2n) is 5.58. The first-order chi connectivity index (χ1) is 12.0. The molecule has 2 N–H and O–H groups in total. The van der Waals surface area contributed by atoms with Gasteiger partial charge in [-0.15, -0.1) is 12.3 Å². The number of amides is 4. The zero-order valence-corrected chi connectivity index (χ0v) is 13.1. The van der Waals surface area contributed by atoms with Crippen molar-refractivity contribution in [2.45, 2.75) is 25.3 Å². The highest BCUT2D eigenvalue weighted by atomic mass is 16.5. The van der Waals surface area contributed by atoms with Crippen molar-refractivity contribution in [3.05, 3.63) is 23.3 Å². The van der Waals surface area contributed by atoms with Gasteiger partial charge in [-0.05, 0) is 18.6 Å². The van der Waals surface area contributed by atoms with Gasteiger partial charge in [0.2, 0.25) is 11.8 Å². The van der Waals surface area contributed by atoms with Crippen LogP contribution in [-0.2, 0) is 9.59 Å². The van der Waals surface area contributed by atoms with E-state index >= 15 is 0 Å². The van der Waals surface area contributed by atoms with Crippen LogP contribution in [0.1, 0.15) is 40.0 Å². The summed E-state index contributed by atoms with van der Waals surface area (Å²) in [5.41, 5.74) is -0.232. The number of phenols is 1. The van der Waals surface area contributed by atoms with E-state index in [1.807, 2.05) is 0 Å². The molecule has 25 heavy (non-hydrogen) atoms. The fraction of sp³-hybridized carbons (Fsp3) is 0.294. The average Bonchev–Trinajstić information content (AvgIpc) is 2.82. The molecule has 0 radical (unpaired) electrons. The van der Waals surface area contributed by atoms with E-state index in [1.54, 1.807) is 0 Å². The molecular formula is C17H14N2O6. The smallest absolute Gasteiger partial charge is 0.266 e. The largest absolute Gasteiger partial charge is 0.504 e. The van der Waals surface area contributed by atoms with Crippen molar-refractivity contribution < 1.29 is 29.0 Å². The molecule has 2 heterocycles. The standard InChI is InChI=1S/C17H14N2O6/c1-2-3-8-25-11-6-4-9-13(14(11)21)17(24)19(16(9)23)10-5-7-12(20)18-15(10)22/h1,4,6,10,21H,3,5,7-8H2,(H,18,20,22). The predicted molar refractivity (Wildman–Crippen MR) is 83.7 cm³/mol. The maximum absolute atomic E-state index is 12.6. The van der Waals surface area contributed by atoms with E-state index in [1.165, 1.54) is 12.1 Å². The van der Waals surface area contributed by atoms with E-state index in [9.17, 15) is 24.3 Å². The molecule has 1 atom stereocenters. The number of ether oxygens (including phenoxy) is 1. The fourth-order valence-corrected chi connectivity index (χ4v) is 2.86. The predicted octanol–water partition coefficient (Wildman–Crippen LogP) is 0.195. The van der Waals surface area contributed by atoms with Gasteiger partial charge in [-0.2, -0.15) is 0 Å². The normalized spacial score (nSPS) is 19.5. The van der Waals surface area contributed by atoms with Crippen molar-refractivity contribution in [2.24, 2.45) is 0 Å². The first kappa shape index (κ1) is 16.5. The van der Waals surface area contributed by atoms with Gasteiger partial charge in [0.1, 0.15) is 6.04 Å². The molecule has 3 rings (SSSR count). The Morgan fingerprint density at radius 1 is 1.28 bits per heavy atom. The molecule has 2 aliphatic rings. The van der Waals surface area contributed by atoms with E-state index in [-0.39, 0.29) is 36.3 Å². The van der Waals surface area contributed by atoms with Gasteiger partial charge in [0.15, 0.2) is 11.5 Å². The van der Waals surface area contributed by atoms with E-state index in [0.29, 0.717) is 6.42 Å². The van der Waals surface area contributed by atoms with E-state index in [4.69, 9.17) is 11.2 Å². The quantitative estimate of drug-likeness (QED) is 0.459. The number of hydrogen-bond acceptors (Lipinski definition) is 6. The lowest BCUT2D eigenvalue weighted by molar-refractivity contribution is -0.136. The third kappa shape index (κ3) is 2.70. The number of carbonyl (C=O) groups is 4. The summed E-state index contributed by atoms with van der Waals surface area (Å²) < 4.78 is 5.30. The first-order valence-electron chi connectivity index (χ1n) is 7.59. The zero-order valence-electron chi connectivity index (χ0n) is 13.1. The Labute approximate surface area is 142 Å². The van der Waals surface area contributed by atoms with E-state index in [0.717, 1.165) is 4.90 Å². The topological polar surface area (TPSA) is 113 Å². The van der Waals surface area contributed by atoms with Gasteiger partial charge in [0, 0.05) is 12.8 Å². The minimum Gasteiger partial charge on any atom is -0.504 e. The minimum absolute atomic E-state index is 0.0171. The first-order valence-corrected chi connectivity index (χ1v) is 7.59. The summed E-state index contributed by atoms with van der Waals surface area (Å²) in [6, 6.07) is 1.63. The second kappa shape index (κ2) is 6.28. The average molecular weight is 342 g/mol. The molecule has 8 nitrogen and oxygen atoms in total. The van der Waals surface area contributed by atoms with Gasteiger partial charge in [-0.25, -0.2) is 0 Å². The molecule has 2 aliphatic heterocycles. The molecule has 8 heteroatoms. The summed E-state index contributed by atoms with van der Waals surface area (Å²) in [5.74, 6) is -0.723. The third-order valence-corrected chi connectivity index (χ3v) is 4.05. The number of rotatable bonds is 4. The number of phenolic OH excluding ortho intramolecular Hbond substituents is 1. The van der Waals surface area contributed by atoms with Crippen LogP contribution in [0.2, 0.25) is 0 Å². The molecule has 0 aliphatic carbocycles. The fourth-order valence-electron chi connectivity index (χ4n) is 2.86. The maximum atomic E-state index is 12.6. The van der Waals surface area contributed by atoms with Gasteiger partial charge in [-0.1, -0.05) is 0 Å². The van der Waals surface area contributed by atoms with Crippen LogP contribution in [0.15, 0.2) is 12.1 Å². The number of nitrogens with one attached hydrogen (secondary N) is 1. The number of terminal acetylenes is 1. The third-order valence-electron chi connectivity index (χ3n) is 4.05. The lowest BCUT2D eigenvalue weighted by Gasteiger charge is -2.27. The van der Waals surface area contributed by atoms with Crippen molar-refractivity contribution in [2.75, 3.05) is 6.61 Å². The number of hydrogen-bond donors (Lipinski definition) is 2. The van der Waals surface area contributed by atoms with Crippen LogP contribution in [0.4, 0.5) is 0 Å². The number of imide groups is 2. The lowest BCUT2D eigenvalue weighted by atomic mass is 10.0. The minimum atomic E-state index is -1.09. The zero-order chi connectivity index (χ0) is 18.1. The van der Waals surface area contributed by atoms with Crippen molar-refractivity contribution >= 4 is 23.6 Å². The van der Waals surface area contributed by atoms with Crippen LogP contribution in [0.3, 0.4) is 0 Å². The SMILES string of the molecule is C#CCCOc1ccc2c(c1O)C(=O)N(C1CCC(=O)NC1=O)C2=O. The highest BCUT2D eigenvalue weighted by Crippen LogP contribution is 2.38. The number of fused-ring (bicyclic) bond motifs is 1. The summed E-state index contributed by atoms with van der Waals surface area (Å²) in [4.78, 5) is 49.1. The number of nitrogens with zero attached hydrogens (tertiary/aromatic N) is 1. The molecule has 0 bridgehead atoms. The second-order valence-corrected chi connectivity index (χ2v) is 5.58. The van der Waals surface area contributed by atoms with E-state index < -0.39 is 35.4 Å². The van der Waals surface area contributed by atoms with Gasteiger partial charge >= 0.3 is 0 Å². The Hall–Kier alpha value is -3.34. The van der Waals surface area contributed by atoms with Crippen molar-refractivity contribution in [3.8, 4) is 23.8 Å². The number of carbonyl (C=O) groups excluding carboxylic acids is 4. The number of aromatic hydroxyl groups is 1. The Kier molecular flexibility index (Phi) is 4.15. The monoisotopic (exact) mass is 342 g/mol. The Bertz CT molecular complexity index is 838. The molecule has 0 aromatic heterocycles. The van der Waals surface area contributed by atoms with Crippen LogP contribution in [0.25, 0.3) is 0 Å². The highest BCUT2D eigenvalue weighted by Gasteiger charge is 2.46.